The predicted octanol–water partition coefficient (Wildman–Crippen LogP) is 0.334. The van der Waals surface area contributed by atoms with E-state index in [1.54, 1.807) is 0 Å². The fraction of sp³-hybridized carbons (Fsp3) is 0.364. The second-order valence-corrected chi connectivity index (χ2v) is 3.46. The van der Waals surface area contributed by atoms with E-state index in [2.05, 4.69) is 10.6 Å². The number of benzene rings is 1. The van der Waals surface area contributed by atoms with Crippen LogP contribution in [-0.2, 0) is 4.79 Å². The predicted molar refractivity (Wildman–Crippen MR) is 58.3 cm³/mol. The highest BCUT2D eigenvalue weighted by molar-refractivity contribution is 5.77. The smallest absolute Gasteiger partial charge is 0.233 e. The first-order valence-electron chi connectivity index (χ1n) is 5.09. The van der Waals surface area contributed by atoms with Gasteiger partial charge in [0.25, 0.3) is 0 Å². The van der Waals surface area contributed by atoms with Crippen molar-refractivity contribution < 1.29 is 18.7 Å². The normalized spacial score (nSPS) is 12.2. The minimum absolute atomic E-state index is 0.0242. The lowest BCUT2D eigenvalue weighted by Gasteiger charge is -2.13. The van der Waals surface area contributed by atoms with Gasteiger partial charge in [-0.2, -0.15) is 0 Å². The number of carbonyl (C=O) groups excluding carboxylic acids is 1. The van der Waals surface area contributed by atoms with Crippen LogP contribution in [0.3, 0.4) is 0 Å². The van der Waals surface area contributed by atoms with Crippen molar-refractivity contribution in [2.75, 3.05) is 20.1 Å². The first-order chi connectivity index (χ1) is 8.06. The van der Waals surface area contributed by atoms with Crippen LogP contribution >= 0.6 is 0 Å². The van der Waals surface area contributed by atoms with Crippen LogP contribution in [-0.4, -0.2) is 31.2 Å². The Labute approximate surface area is 97.6 Å². The third-order valence-corrected chi connectivity index (χ3v) is 2.24. The quantitative estimate of drug-likeness (QED) is 0.699. The lowest BCUT2D eigenvalue weighted by atomic mass is 10.1. The molecule has 0 spiro atoms. The maximum Gasteiger partial charge on any atom is 0.233 e. The Morgan fingerprint density at radius 1 is 1.41 bits per heavy atom. The van der Waals surface area contributed by atoms with E-state index in [4.69, 9.17) is 0 Å². The van der Waals surface area contributed by atoms with Crippen molar-refractivity contribution in [2.45, 2.75) is 6.10 Å². The lowest BCUT2D eigenvalue weighted by Crippen LogP contribution is -2.34. The Balaban J connectivity index is 2.58. The van der Waals surface area contributed by atoms with E-state index < -0.39 is 23.3 Å². The number of hydrogen-bond donors (Lipinski definition) is 3. The Morgan fingerprint density at radius 2 is 2.00 bits per heavy atom. The molecule has 1 unspecified atom stereocenters. The molecule has 1 atom stereocenters. The topological polar surface area (TPSA) is 61.4 Å². The number of carbonyl (C=O) groups is 1. The van der Waals surface area contributed by atoms with Crippen LogP contribution in [0.25, 0.3) is 0 Å². The highest BCUT2D eigenvalue weighted by Gasteiger charge is 2.17. The van der Waals surface area contributed by atoms with Gasteiger partial charge in [0.1, 0.15) is 11.6 Å². The molecule has 3 N–H and O–H groups in total. The fourth-order valence-corrected chi connectivity index (χ4v) is 1.34. The van der Waals surface area contributed by atoms with E-state index in [1.165, 1.54) is 13.1 Å². The Kier molecular flexibility index (Phi) is 4.99. The van der Waals surface area contributed by atoms with E-state index in [0.29, 0.717) is 0 Å². The van der Waals surface area contributed by atoms with Gasteiger partial charge in [-0.3, -0.25) is 4.79 Å². The molecule has 6 heteroatoms. The highest BCUT2D eigenvalue weighted by Crippen LogP contribution is 2.19. The van der Waals surface area contributed by atoms with Crippen molar-refractivity contribution in [2.24, 2.45) is 0 Å². The maximum absolute atomic E-state index is 13.2. The van der Waals surface area contributed by atoms with E-state index >= 15 is 0 Å². The van der Waals surface area contributed by atoms with Gasteiger partial charge in [0, 0.05) is 13.6 Å². The molecule has 1 amide bonds. The summed E-state index contributed by atoms with van der Waals surface area (Å²) in [5, 5.41) is 14.6. The van der Waals surface area contributed by atoms with Gasteiger partial charge < -0.3 is 15.7 Å². The average Bonchev–Trinajstić information content (AvgIpc) is 2.28. The van der Waals surface area contributed by atoms with Crippen molar-refractivity contribution in [3.63, 3.8) is 0 Å². The Bertz CT molecular complexity index is 379. The Hall–Kier alpha value is -1.53. The van der Waals surface area contributed by atoms with Crippen molar-refractivity contribution in [1.29, 1.82) is 0 Å². The molecule has 0 saturated carbocycles. The van der Waals surface area contributed by atoms with Crippen LogP contribution in [0.15, 0.2) is 18.2 Å². The molecule has 1 aromatic carbocycles. The largest absolute Gasteiger partial charge is 0.387 e. The summed E-state index contributed by atoms with van der Waals surface area (Å²) in [7, 11) is 1.47. The van der Waals surface area contributed by atoms with E-state index in [0.717, 1.165) is 12.1 Å². The summed E-state index contributed by atoms with van der Waals surface area (Å²) in [6.45, 7) is -0.130. The van der Waals surface area contributed by atoms with Crippen LogP contribution in [0.2, 0.25) is 0 Å². The Morgan fingerprint density at radius 3 is 2.53 bits per heavy atom. The molecule has 1 rings (SSSR count). The van der Waals surface area contributed by atoms with Crippen LogP contribution in [0.4, 0.5) is 8.78 Å². The molecule has 0 aromatic heterocycles. The molecule has 94 valence electrons. The van der Waals surface area contributed by atoms with Crippen LogP contribution < -0.4 is 10.6 Å². The lowest BCUT2D eigenvalue weighted by molar-refractivity contribution is -0.119. The van der Waals surface area contributed by atoms with Crippen LogP contribution in [0.1, 0.15) is 11.7 Å². The molecule has 0 radical (unpaired) electrons. The molecule has 0 aliphatic heterocycles. The van der Waals surface area contributed by atoms with Gasteiger partial charge in [-0.25, -0.2) is 8.78 Å². The summed E-state index contributed by atoms with van der Waals surface area (Å²) in [4.78, 5) is 10.9. The van der Waals surface area contributed by atoms with E-state index in [9.17, 15) is 18.7 Å². The molecule has 1 aromatic rings. The molecule has 0 aliphatic carbocycles. The molecule has 0 saturated heterocycles. The molecule has 4 nitrogen and oxygen atoms in total. The van der Waals surface area contributed by atoms with Crippen LogP contribution in [0.5, 0.6) is 0 Å². The van der Waals surface area contributed by atoms with Gasteiger partial charge in [-0.15, -0.1) is 0 Å². The second-order valence-electron chi connectivity index (χ2n) is 3.46. The fourth-order valence-electron chi connectivity index (χ4n) is 1.34. The van der Waals surface area contributed by atoms with Gasteiger partial charge >= 0.3 is 0 Å². The third-order valence-electron chi connectivity index (χ3n) is 2.24. The second kappa shape index (κ2) is 6.27. The summed E-state index contributed by atoms with van der Waals surface area (Å²) in [5.41, 5.74) is -0.392. The summed E-state index contributed by atoms with van der Waals surface area (Å²) in [6.07, 6.45) is -1.33. The highest BCUT2D eigenvalue weighted by atomic mass is 19.1. The van der Waals surface area contributed by atoms with E-state index in [1.807, 2.05) is 0 Å². The van der Waals surface area contributed by atoms with Crippen LogP contribution in [0, 0.1) is 11.6 Å². The van der Waals surface area contributed by atoms with Crippen molar-refractivity contribution in [3.05, 3.63) is 35.4 Å². The number of aliphatic hydroxyl groups is 1. The number of rotatable bonds is 5. The maximum atomic E-state index is 13.2. The number of amides is 1. The van der Waals surface area contributed by atoms with Crippen molar-refractivity contribution in [3.8, 4) is 0 Å². The number of likely N-dealkylation sites (N-methyl/N-ethyl adjacent to an activating group) is 1. The molecular weight excluding hydrogens is 230 g/mol. The van der Waals surface area contributed by atoms with Gasteiger partial charge in [0.2, 0.25) is 5.91 Å². The third kappa shape index (κ3) is 3.76. The zero-order chi connectivity index (χ0) is 12.8. The van der Waals surface area contributed by atoms with Gasteiger partial charge in [0.05, 0.1) is 18.2 Å². The summed E-state index contributed by atoms with van der Waals surface area (Å²) in [6, 6.07) is 3.36. The molecule has 0 fully saturated rings. The van der Waals surface area contributed by atoms with E-state index in [-0.39, 0.29) is 19.0 Å². The summed E-state index contributed by atoms with van der Waals surface area (Å²) < 4.78 is 26.5. The summed E-state index contributed by atoms with van der Waals surface area (Å²) in [5.74, 6) is -1.88. The SMILES string of the molecule is CNC(=O)CNCC(O)c1c(F)cccc1F. The molecular formula is C11H14F2N2O2. The first-order valence-corrected chi connectivity index (χ1v) is 5.09. The number of hydrogen-bond acceptors (Lipinski definition) is 3. The first kappa shape index (κ1) is 13.5. The molecule has 17 heavy (non-hydrogen) atoms. The van der Waals surface area contributed by atoms with Gasteiger partial charge in [0.15, 0.2) is 0 Å². The minimum atomic E-state index is -1.33. The molecule has 0 aliphatic rings. The number of nitrogens with one attached hydrogen (secondary N) is 2. The van der Waals surface area contributed by atoms with Crippen molar-refractivity contribution >= 4 is 5.91 Å². The monoisotopic (exact) mass is 244 g/mol. The number of halogens is 2. The average molecular weight is 244 g/mol. The van der Waals surface area contributed by atoms with Crippen molar-refractivity contribution in [1.82, 2.24) is 10.6 Å². The zero-order valence-electron chi connectivity index (χ0n) is 9.34. The summed E-state index contributed by atoms with van der Waals surface area (Å²) >= 11 is 0. The van der Waals surface area contributed by atoms with Gasteiger partial charge in [-0.05, 0) is 12.1 Å². The number of aliphatic hydroxyl groups excluding tert-OH is 1. The molecule has 0 bridgehead atoms. The minimum Gasteiger partial charge on any atom is -0.387 e. The molecule has 0 heterocycles. The zero-order valence-corrected chi connectivity index (χ0v) is 9.34. The van der Waals surface area contributed by atoms with Gasteiger partial charge in [-0.1, -0.05) is 6.07 Å². The standard InChI is InChI=1S/C11H14F2N2O2/c1-14-10(17)6-15-5-9(16)11-7(12)3-2-4-8(11)13/h2-4,9,15-16H,5-6H2,1H3,(H,14,17).